The van der Waals surface area contributed by atoms with E-state index < -0.39 is 10.0 Å². The fourth-order valence-electron chi connectivity index (χ4n) is 1.43. The molecular formula is C11H21N5O2S. The lowest BCUT2D eigenvalue weighted by molar-refractivity contribution is 0.394. The first-order chi connectivity index (χ1) is 8.95. The first kappa shape index (κ1) is 15.8. The van der Waals surface area contributed by atoms with Gasteiger partial charge in [-0.25, -0.2) is 23.1 Å². The molecule has 0 amide bonds. The highest BCUT2D eigenvalue weighted by atomic mass is 32.2. The maximum absolute atomic E-state index is 11.9. The van der Waals surface area contributed by atoms with Gasteiger partial charge in [-0.2, -0.15) is 0 Å². The van der Waals surface area contributed by atoms with E-state index in [2.05, 4.69) is 24.9 Å². The third-order valence-electron chi connectivity index (χ3n) is 2.49. The van der Waals surface area contributed by atoms with Crippen molar-refractivity contribution in [3.05, 3.63) is 12.4 Å². The fourth-order valence-corrected chi connectivity index (χ4v) is 2.39. The monoisotopic (exact) mass is 287 g/mol. The van der Waals surface area contributed by atoms with E-state index in [4.69, 9.17) is 0 Å². The minimum atomic E-state index is -3.50. The zero-order valence-corrected chi connectivity index (χ0v) is 12.4. The molecule has 0 aliphatic heterocycles. The molecule has 0 aliphatic rings. The summed E-state index contributed by atoms with van der Waals surface area (Å²) < 4.78 is 26.4. The lowest BCUT2D eigenvalue weighted by Crippen LogP contribution is -2.26. The van der Waals surface area contributed by atoms with Gasteiger partial charge in [-0.1, -0.05) is 0 Å². The van der Waals surface area contributed by atoms with Crippen LogP contribution in [-0.2, 0) is 10.0 Å². The Kier molecular flexibility index (Phi) is 6.13. The second-order valence-corrected chi connectivity index (χ2v) is 6.17. The lowest BCUT2D eigenvalue weighted by Gasteiger charge is -2.09. The molecule has 0 saturated carbocycles. The van der Waals surface area contributed by atoms with E-state index in [0.29, 0.717) is 12.5 Å². The number of unbranched alkanes of at least 4 members (excludes halogenated alkanes) is 1. The van der Waals surface area contributed by atoms with E-state index in [-0.39, 0.29) is 4.90 Å². The maximum atomic E-state index is 11.9. The van der Waals surface area contributed by atoms with Gasteiger partial charge in [0.2, 0.25) is 16.0 Å². The number of nitrogens with one attached hydrogen (secondary N) is 2. The summed E-state index contributed by atoms with van der Waals surface area (Å²) in [7, 11) is 2.15. The van der Waals surface area contributed by atoms with Gasteiger partial charge in [-0.3, -0.25) is 0 Å². The van der Waals surface area contributed by atoms with Crippen LogP contribution in [0.4, 0.5) is 5.95 Å². The molecular weight excluding hydrogens is 266 g/mol. The van der Waals surface area contributed by atoms with Crippen molar-refractivity contribution in [3.8, 4) is 0 Å². The van der Waals surface area contributed by atoms with Crippen LogP contribution in [0.3, 0.4) is 0 Å². The summed E-state index contributed by atoms with van der Waals surface area (Å²) in [6.45, 7) is 1.37. The molecule has 1 heterocycles. The van der Waals surface area contributed by atoms with Gasteiger partial charge >= 0.3 is 0 Å². The molecule has 1 rings (SSSR count). The Morgan fingerprint density at radius 3 is 2.37 bits per heavy atom. The molecule has 19 heavy (non-hydrogen) atoms. The third-order valence-corrected chi connectivity index (χ3v) is 3.90. The van der Waals surface area contributed by atoms with Crippen LogP contribution < -0.4 is 10.0 Å². The second kappa shape index (κ2) is 7.37. The van der Waals surface area contributed by atoms with Crippen LogP contribution in [0.15, 0.2) is 17.3 Å². The summed E-state index contributed by atoms with van der Waals surface area (Å²) >= 11 is 0. The molecule has 0 spiro atoms. The molecule has 8 heteroatoms. The van der Waals surface area contributed by atoms with Crippen molar-refractivity contribution in [2.24, 2.45) is 0 Å². The molecule has 0 fully saturated rings. The Hall–Kier alpha value is -1.25. The van der Waals surface area contributed by atoms with E-state index in [1.54, 1.807) is 7.05 Å². The van der Waals surface area contributed by atoms with Crippen LogP contribution in [-0.4, -0.2) is 57.5 Å². The molecule has 0 aliphatic carbocycles. The van der Waals surface area contributed by atoms with E-state index >= 15 is 0 Å². The predicted octanol–water partition coefficient (Wildman–Crippen LogP) is 0.138. The van der Waals surface area contributed by atoms with E-state index in [1.807, 2.05) is 14.1 Å². The van der Waals surface area contributed by atoms with Crippen LogP contribution in [0, 0.1) is 0 Å². The van der Waals surface area contributed by atoms with E-state index in [0.717, 1.165) is 19.4 Å². The highest BCUT2D eigenvalue weighted by Gasteiger charge is 2.14. The Morgan fingerprint density at radius 1 is 1.21 bits per heavy atom. The predicted molar refractivity (Wildman–Crippen MR) is 74.6 cm³/mol. The first-order valence-corrected chi connectivity index (χ1v) is 7.58. The molecule has 0 bridgehead atoms. The molecule has 2 N–H and O–H groups in total. The van der Waals surface area contributed by atoms with Crippen LogP contribution in [0.2, 0.25) is 0 Å². The van der Waals surface area contributed by atoms with Crippen molar-refractivity contribution < 1.29 is 8.42 Å². The number of nitrogens with zero attached hydrogens (tertiary/aromatic N) is 3. The first-order valence-electron chi connectivity index (χ1n) is 6.10. The Balaban J connectivity index is 2.46. The van der Waals surface area contributed by atoms with Crippen molar-refractivity contribution in [3.63, 3.8) is 0 Å². The number of anilines is 1. The van der Waals surface area contributed by atoms with Gasteiger partial charge in [-0.15, -0.1) is 0 Å². The zero-order chi connectivity index (χ0) is 14.3. The SMILES string of the molecule is CNc1ncc(S(=O)(=O)NCCCCN(C)C)cn1. The summed E-state index contributed by atoms with van der Waals surface area (Å²) in [5.41, 5.74) is 0. The summed E-state index contributed by atoms with van der Waals surface area (Å²) in [4.78, 5) is 9.92. The highest BCUT2D eigenvalue weighted by molar-refractivity contribution is 7.89. The molecule has 0 unspecified atom stereocenters. The second-order valence-electron chi connectivity index (χ2n) is 4.40. The van der Waals surface area contributed by atoms with Gasteiger partial charge in [0.1, 0.15) is 4.90 Å². The van der Waals surface area contributed by atoms with Gasteiger partial charge in [0.15, 0.2) is 0 Å². The van der Waals surface area contributed by atoms with Gasteiger partial charge in [0.05, 0.1) is 12.4 Å². The Morgan fingerprint density at radius 2 is 1.84 bits per heavy atom. The average molecular weight is 287 g/mol. The van der Waals surface area contributed by atoms with Crippen LogP contribution in [0.1, 0.15) is 12.8 Å². The standard InChI is InChI=1S/C11H21N5O2S/c1-12-11-13-8-10(9-14-11)19(17,18)15-6-4-5-7-16(2)3/h8-9,15H,4-7H2,1-3H3,(H,12,13,14). The van der Waals surface area contributed by atoms with E-state index in [9.17, 15) is 8.42 Å². The Bertz CT molecular complexity index is 472. The zero-order valence-electron chi connectivity index (χ0n) is 11.5. The molecule has 1 aromatic rings. The number of hydrogen-bond acceptors (Lipinski definition) is 6. The lowest BCUT2D eigenvalue weighted by atomic mass is 10.3. The topological polar surface area (TPSA) is 87.2 Å². The Labute approximate surface area is 114 Å². The molecule has 0 aromatic carbocycles. The van der Waals surface area contributed by atoms with E-state index in [1.165, 1.54) is 12.4 Å². The van der Waals surface area contributed by atoms with Crippen molar-refractivity contribution in [1.82, 2.24) is 19.6 Å². The highest BCUT2D eigenvalue weighted by Crippen LogP contribution is 2.07. The van der Waals surface area contributed by atoms with Crippen molar-refractivity contribution in [1.29, 1.82) is 0 Å². The third kappa shape index (κ3) is 5.50. The van der Waals surface area contributed by atoms with Gasteiger partial charge < -0.3 is 10.2 Å². The smallest absolute Gasteiger partial charge is 0.243 e. The van der Waals surface area contributed by atoms with Gasteiger partial charge in [0, 0.05) is 13.6 Å². The van der Waals surface area contributed by atoms with Crippen LogP contribution in [0.25, 0.3) is 0 Å². The molecule has 108 valence electrons. The van der Waals surface area contributed by atoms with Gasteiger partial charge in [-0.05, 0) is 33.5 Å². The van der Waals surface area contributed by atoms with Crippen molar-refractivity contribution >= 4 is 16.0 Å². The van der Waals surface area contributed by atoms with Crippen LogP contribution in [0.5, 0.6) is 0 Å². The molecule has 7 nitrogen and oxygen atoms in total. The summed E-state index contributed by atoms with van der Waals surface area (Å²) in [5, 5.41) is 2.73. The van der Waals surface area contributed by atoms with Crippen molar-refractivity contribution in [2.75, 3.05) is 39.5 Å². The molecule has 1 aromatic heterocycles. The average Bonchev–Trinajstić information content (AvgIpc) is 2.38. The van der Waals surface area contributed by atoms with Crippen LogP contribution >= 0.6 is 0 Å². The number of rotatable bonds is 8. The summed E-state index contributed by atoms with van der Waals surface area (Å²) in [6, 6.07) is 0. The van der Waals surface area contributed by atoms with Crippen molar-refractivity contribution in [2.45, 2.75) is 17.7 Å². The summed E-state index contributed by atoms with van der Waals surface area (Å²) in [5.74, 6) is 0.393. The quantitative estimate of drug-likeness (QED) is 0.661. The number of aromatic nitrogens is 2. The minimum absolute atomic E-state index is 0.0825. The fraction of sp³-hybridized carbons (Fsp3) is 0.636. The largest absolute Gasteiger partial charge is 0.357 e. The number of hydrogen-bond donors (Lipinski definition) is 2. The maximum Gasteiger partial charge on any atom is 0.243 e. The van der Waals surface area contributed by atoms with Gasteiger partial charge in [0.25, 0.3) is 0 Å². The molecule has 0 saturated heterocycles. The summed E-state index contributed by atoms with van der Waals surface area (Å²) in [6.07, 6.45) is 4.33. The minimum Gasteiger partial charge on any atom is -0.357 e. The molecule has 0 radical (unpaired) electrons. The molecule has 0 atom stereocenters. The normalized spacial score (nSPS) is 11.8. The number of sulfonamides is 1.